The van der Waals surface area contributed by atoms with Crippen molar-refractivity contribution in [1.82, 2.24) is 4.90 Å². The number of carbonyl (C=O) groups is 1. The van der Waals surface area contributed by atoms with E-state index in [9.17, 15) is 4.79 Å². The van der Waals surface area contributed by atoms with Gasteiger partial charge < -0.3 is 15.4 Å². The molecule has 1 aliphatic carbocycles. The fourth-order valence-electron chi connectivity index (χ4n) is 1.97. The summed E-state index contributed by atoms with van der Waals surface area (Å²) in [6.07, 6.45) is 2.92. The van der Waals surface area contributed by atoms with Crippen molar-refractivity contribution in [1.29, 1.82) is 0 Å². The van der Waals surface area contributed by atoms with Gasteiger partial charge in [0.05, 0.1) is 6.61 Å². The Hall–Kier alpha value is -0.610. The Bertz CT molecular complexity index is 227. The molecule has 1 saturated carbocycles. The Labute approximate surface area is 98.1 Å². The predicted molar refractivity (Wildman–Crippen MR) is 64.0 cm³/mol. The summed E-state index contributed by atoms with van der Waals surface area (Å²) in [7, 11) is 1.66. The van der Waals surface area contributed by atoms with Gasteiger partial charge in [-0.1, -0.05) is 0 Å². The van der Waals surface area contributed by atoms with Gasteiger partial charge in [-0.15, -0.1) is 0 Å². The van der Waals surface area contributed by atoms with Crippen LogP contribution in [0, 0.1) is 5.92 Å². The number of carbonyl (C=O) groups excluding carboxylic acids is 1. The molecule has 1 aliphatic rings. The summed E-state index contributed by atoms with van der Waals surface area (Å²) in [6.45, 7) is 5.28. The van der Waals surface area contributed by atoms with Crippen molar-refractivity contribution in [3.8, 4) is 0 Å². The zero-order valence-electron chi connectivity index (χ0n) is 10.6. The minimum atomic E-state index is -0.0658. The molecule has 1 rings (SSSR count). The molecule has 16 heavy (non-hydrogen) atoms. The summed E-state index contributed by atoms with van der Waals surface area (Å²) in [5, 5.41) is 0. The van der Waals surface area contributed by atoms with Crippen LogP contribution < -0.4 is 5.73 Å². The molecule has 0 radical (unpaired) electrons. The molecule has 4 heteroatoms. The second-order valence-corrected chi connectivity index (χ2v) is 4.84. The van der Waals surface area contributed by atoms with Crippen molar-refractivity contribution < 1.29 is 9.53 Å². The van der Waals surface area contributed by atoms with Crippen LogP contribution in [0.1, 0.15) is 33.1 Å². The first-order valence-corrected chi connectivity index (χ1v) is 6.10. The molecular formula is C12H24N2O2. The van der Waals surface area contributed by atoms with E-state index < -0.39 is 0 Å². The van der Waals surface area contributed by atoms with Crippen molar-refractivity contribution in [2.75, 3.05) is 20.3 Å². The van der Waals surface area contributed by atoms with Gasteiger partial charge in [-0.25, -0.2) is 0 Å². The van der Waals surface area contributed by atoms with Crippen LogP contribution in [0.3, 0.4) is 0 Å². The second kappa shape index (κ2) is 6.21. The number of nitrogens with two attached hydrogens (primary N) is 1. The van der Waals surface area contributed by atoms with Gasteiger partial charge in [0.25, 0.3) is 0 Å². The van der Waals surface area contributed by atoms with Gasteiger partial charge in [0.1, 0.15) is 0 Å². The van der Waals surface area contributed by atoms with Crippen LogP contribution in [0.25, 0.3) is 0 Å². The molecule has 0 bridgehead atoms. The molecule has 1 amide bonds. The first-order chi connectivity index (χ1) is 7.56. The SMILES string of the molecule is COCCN(C(=O)CC(C)N)C(C)C1CC1. The third kappa shape index (κ3) is 4.10. The minimum Gasteiger partial charge on any atom is -0.383 e. The highest BCUT2D eigenvalue weighted by atomic mass is 16.5. The Morgan fingerprint density at radius 2 is 2.12 bits per heavy atom. The Kier molecular flexibility index (Phi) is 5.22. The minimum absolute atomic E-state index is 0.0658. The lowest BCUT2D eigenvalue weighted by molar-refractivity contribution is -0.134. The molecule has 0 aromatic carbocycles. The Balaban J connectivity index is 2.50. The highest BCUT2D eigenvalue weighted by molar-refractivity contribution is 5.77. The summed E-state index contributed by atoms with van der Waals surface area (Å²) in [5.41, 5.74) is 5.67. The monoisotopic (exact) mass is 228 g/mol. The van der Waals surface area contributed by atoms with E-state index in [0.717, 1.165) is 0 Å². The second-order valence-electron chi connectivity index (χ2n) is 4.84. The van der Waals surface area contributed by atoms with Crippen molar-refractivity contribution in [3.05, 3.63) is 0 Å². The lowest BCUT2D eigenvalue weighted by Crippen LogP contribution is -2.43. The number of amides is 1. The molecule has 0 aromatic heterocycles. The van der Waals surface area contributed by atoms with Crippen LogP contribution in [-0.4, -0.2) is 43.2 Å². The third-order valence-electron chi connectivity index (χ3n) is 3.15. The van der Waals surface area contributed by atoms with Gasteiger partial charge in [-0.05, 0) is 32.6 Å². The van der Waals surface area contributed by atoms with Crippen molar-refractivity contribution in [3.63, 3.8) is 0 Å². The maximum absolute atomic E-state index is 12.0. The number of nitrogens with zero attached hydrogens (tertiary/aromatic N) is 1. The zero-order chi connectivity index (χ0) is 12.1. The van der Waals surface area contributed by atoms with Crippen molar-refractivity contribution >= 4 is 5.91 Å². The lowest BCUT2D eigenvalue weighted by atomic mass is 10.1. The van der Waals surface area contributed by atoms with Crippen LogP contribution in [-0.2, 0) is 9.53 Å². The number of methoxy groups -OCH3 is 1. The van der Waals surface area contributed by atoms with E-state index in [1.807, 2.05) is 11.8 Å². The van der Waals surface area contributed by atoms with Gasteiger partial charge in [0.15, 0.2) is 0 Å². The first kappa shape index (κ1) is 13.5. The predicted octanol–water partition coefficient (Wildman–Crippen LogP) is 0.997. The Morgan fingerprint density at radius 1 is 1.50 bits per heavy atom. The highest BCUT2D eigenvalue weighted by Gasteiger charge is 2.33. The van der Waals surface area contributed by atoms with Crippen molar-refractivity contribution in [2.45, 2.75) is 45.2 Å². The topological polar surface area (TPSA) is 55.6 Å². The number of hydrogen-bond donors (Lipinski definition) is 1. The quantitative estimate of drug-likeness (QED) is 0.707. The molecule has 1 fully saturated rings. The molecule has 4 nitrogen and oxygen atoms in total. The molecule has 94 valence electrons. The van der Waals surface area contributed by atoms with Gasteiger partial charge in [-0.3, -0.25) is 4.79 Å². The summed E-state index contributed by atoms with van der Waals surface area (Å²) < 4.78 is 5.05. The molecule has 2 N–H and O–H groups in total. The van der Waals surface area contributed by atoms with E-state index in [1.165, 1.54) is 12.8 Å². The maximum Gasteiger partial charge on any atom is 0.224 e. The normalized spacial score (nSPS) is 19.2. The largest absolute Gasteiger partial charge is 0.383 e. The number of ether oxygens (including phenoxy) is 1. The summed E-state index contributed by atoms with van der Waals surface area (Å²) in [4.78, 5) is 14.0. The first-order valence-electron chi connectivity index (χ1n) is 6.10. The molecular weight excluding hydrogens is 204 g/mol. The molecule has 2 atom stereocenters. The van der Waals surface area contributed by atoms with Gasteiger partial charge >= 0.3 is 0 Å². The standard InChI is InChI=1S/C12H24N2O2/c1-9(13)8-12(15)14(6-7-16-3)10(2)11-4-5-11/h9-11H,4-8,13H2,1-3H3. The van der Waals surface area contributed by atoms with Gasteiger partial charge in [-0.2, -0.15) is 0 Å². The molecule has 0 aliphatic heterocycles. The van der Waals surface area contributed by atoms with Crippen LogP contribution in [0.15, 0.2) is 0 Å². The van der Waals surface area contributed by atoms with Crippen LogP contribution in [0.4, 0.5) is 0 Å². The van der Waals surface area contributed by atoms with E-state index in [4.69, 9.17) is 10.5 Å². The Morgan fingerprint density at radius 3 is 2.56 bits per heavy atom. The van der Waals surface area contributed by atoms with Gasteiger partial charge in [0, 0.05) is 32.2 Å². The summed E-state index contributed by atoms with van der Waals surface area (Å²) in [6, 6.07) is 0.269. The smallest absolute Gasteiger partial charge is 0.224 e. The fourth-order valence-corrected chi connectivity index (χ4v) is 1.97. The summed E-state index contributed by atoms with van der Waals surface area (Å²) >= 11 is 0. The molecule has 2 unspecified atom stereocenters. The number of rotatable bonds is 7. The van der Waals surface area contributed by atoms with E-state index in [2.05, 4.69) is 6.92 Å². The van der Waals surface area contributed by atoms with E-state index in [0.29, 0.717) is 31.5 Å². The zero-order valence-corrected chi connectivity index (χ0v) is 10.6. The van der Waals surface area contributed by atoms with E-state index in [1.54, 1.807) is 7.11 Å². The number of hydrogen-bond acceptors (Lipinski definition) is 3. The van der Waals surface area contributed by atoms with Crippen molar-refractivity contribution in [2.24, 2.45) is 11.7 Å². The van der Waals surface area contributed by atoms with Gasteiger partial charge in [0.2, 0.25) is 5.91 Å². The molecule has 0 heterocycles. The van der Waals surface area contributed by atoms with Crippen LogP contribution in [0.2, 0.25) is 0 Å². The van der Waals surface area contributed by atoms with Crippen LogP contribution >= 0.6 is 0 Å². The molecule has 0 spiro atoms. The van der Waals surface area contributed by atoms with E-state index in [-0.39, 0.29) is 11.9 Å². The third-order valence-corrected chi connectivity index (χ3v) is 3.15. The average Bonchev–Trinajstić information content (AvgIpc) is 2.99. The fraction of sp³-hybridized carbons (Fsp3) is 0.917. The molecule has 0 saturated heterocycles. The average molecular weight is 228 g/mol. The molecule has 0 aromatic rings. The van der Waals surface area contributed by atoms with Crippen LogP contribution in [0.5, 0.6) is 0 Å². The lowest BCUT2D eigenvalue weighted by Gasteiger charge is -2.30. The maximum atomic E-state index is 12.0. The van der Waals surface area contributed by atoms with E-state index >= 15 is 0 Å². The highest BCUT2D eigenvalue weighted by Crippen LogP contribution is 2.35. The summed E-state index contributed by atoms with van der Waals surface area (Å²) in [5.74, 6) is 0.848.